The summed E-state index contributed by atoms with van der Waals surface area (Å²) in [6, 6.07) is 1.44. The van der Waals surface area contributed by atoms with Crippen molar-refractivity contribution in [3.8, 4) is 0 Å². The summed E-state index contributed by atoms with van der Waals surface area (Å²) in [4.78, 5) is 14.6. The normalized spacial score (nSPS) is 30.2. The number of nitrogens with zero attached hydrogens (tertiary/aromatic N) is 1. The first kappa shape index (κ1) is 13.3. The van der Waals surface area contributed by atoms with Gasteiger partial charge < -0.3 is 20.3 Å². The Morgan fingerprint density at radius 3 is 2.68 bits per heavy atom. The summed E-state index contributed by atoms with van der Waals surface area (Å²) in [6.07, 6.45) is 5.52. The summed E-state index contributed by atoms with van der Waals surface area (Å²) in [5, 5.41) is 6.51. The van der Waals surface area contributed by atoms with Gasteiger partial charge in [0.15, 0.2) is 0 Å². The van der Waals surface area contributed by atoms with Crippen LogP contribution in [0.15, 0.2) is 0 Å². The molecular weight excluding hydrogens is 242 g/mol. The lowest BCUT2D eigenvalue weighted by Gasteiger charge is -2.32. The Labute approximate surface area is 115 Å². The maximum Gasteiger partial charge on any atom is 0.221 e. The van der Waals surface area contributed by atoms with E-state index in [1.807, 2.05) is 0 Å². The molecule has 0 aromatic carbocycles. The summed E-state index contributed by atoms with van der Waals surface area (Å²) in [7, 11) is 0. The molecule has 3 rings (SSSR count). The van der Waals surface area contributed by atoms with E-state index in [0.29, 0.717) is 19.1 Å². The van der Waals surface area contributed by atoms with Crippen LogP contribution in [-0.2, 0) is 9.53 Å². The average Bonchev–Trinajstić information content (AvgIpc) is 3.25. The Morgan fingerprint density at radius 1 is 1.26 bits per heavy atom. The number of piperidine rings is 1. The molecule has 2 saturated heterocycles. The van der Waals surface area contributed by atoms with Gasteiger partial charge in [-0.1, -0.05) is 0 Å². The molecule has 0 spiro atoms. The molecule has 0 aromatic rings. The zero-order valence-electron chi connectivity index (χ0n) is 11.6. The van der Waals surface area contributed by atoms with Crippen LogP contribution in [0.25, 0.3) is 0 Å². The zero-order chi connectivity index (χ0) is 13.1. The second-order valence-electron chi connectivity index (χ2n) is 6.04. The standard InChI is InChI=1S/C14H25N3O2/c18-14(9-12-10-19-8-5-15-12)16-11-3-6-17(7-4-11)13-1-2-13/h11-13,15H,1-10H2,(H,16,18). The van der Waals surface area contributed by atoms with Gasteiger partial charge in [0.1, 0.15) is 0 Å². The monoisotopic (exact) mass is 267 g/mol. The van der Waals surface area contributed by atoms with Crippen molar-refractivity contribution < 1.29 is 9.53 Å². The summed E-state index contributed by atoms with van der Waals surface area (Å²) < 4.78 is 5.37. The number of hydrogen-bond acceptors (Lipinski definition) is 4. The lowest BCUT2D eigenvalue weighted by Crippen LogP contribution is -2.48. The Bertz CT molecular complexity index is 306. The predicted octanol–water partition coefficient (Wildman–Crippen LogP) is 0.108. The number of likely N-dealkylation sites (tertiary alicyclic amines) is 1. The maximum atomic E-state index is 12.0. The van der Waals surface area contributed by atoms with Crippen molar-refractivity contribution in [2.45, 2.75) is 50.2 Å². The molecule has 1 amide bonds. The van der Waals surface area contributed by atoms with E-state index in [0.717, 1.165) is 45.1 Å². The van der Waals surface area contributed by atoms with E-state index in [4.69, 9.17) is 4.74 Å². The van der Waals surface area contributed by atoms with Crippen molar-refractivity contribution in [3.63, 3.8) is 0 Å². The summed E-state index contributed by atoms with van der Waals surface area (Å²) >= 11 is 0. The predicted molar refractivity (Wildman–Crippen MR) is 73.0 cm³/mol. The highest BCUT2D eigenvalue weighted by atomic mass is 16.5. The molecule has 1 aliphatic carbocycles. The number of amides is 1. The zero-order valence-corrected chi connectivity index (χ0v) is 11.6. The summed E-state index contributed by atoms with van der Waals surface area (Å²) in [5.74, 6) is 0.174. The molecule has 1 saturated carbocycles. The van der Waals surface area contributed by atoms with Crippen LogP contribution in [0.5, 0.6) is 0 Å². The fourth-order valence-electron chi connectivity index (χ4n) is 3.11. The first-order valence-corrected chi connectivity index (χ1v) is 7.66. The number of nitrogens with one attached hydrogen (secondary N) is 2. The highest BCUT2D eigenvalue weighted by Crippen LogP contribution is 2.29. The van der Waals surface area contributed by atoms with Crippen molar-refractivity contribution in [2.75, 3.05) is 32.8 Å². The number of morpholine rings is 1. The lowest BCUT2D eigenvalue weighted by atomic mass is 10.0. The molecule has 1 unspecified atom stereocenters. The van der Waals surface area contributed by atoms with Crippen LogP contribution < -0.4 is 10.6 Å². The van der Waals surface area contributed by atoms with Gasteiger partial charge >= 0.3 is 0 Å². The van der Waals surface area contributed by atoms with Crippen LogP contribution in [0, 0.1) is 0 Å². The van der Waals surface area contributed by atoms with Gasteiger partial charge in [0.25, 0.3) is 0 Å². The van der Waals surface area contributed by atoms with Crippen molar-refractivity contribution in [1.82, 2.24) is 15.5 Å². The van der Waals surface area contributed by atoms with E-state index in [1.54, 1.807) is 0 Å². The van der Waals surface area contributed by atoms with Crippen molar-refractivity contribution in [2.24, 2.45) is 0 Å². The van der Waals surface area contributed by atoms with Gasteiger partial charge in [0, 0.05) is 44.2 Å². The minimum Gasteiger partial charge on any atom is -0.378 e. The van der Waals surface area contributed by atoms with E-state index >= 15 is 0 Å². The minimum atomic E-state index is 0.174. The van der Waals surface area contributed by atoms with Gasteiger partial charge in [-0.05, 0) is 25.7 Å². The van der Waals surface area contributed by atoms with Crippen LogP contribution in [0.4, 0.5) is 0 Å². The molecule has 2 aliphatic heterocycles. The smallest absolute Gasteiger partial charge is 0.221 e. The van der Waals surface area contributed by atoms with Gasteiger partial charge in [-0.3, -0.25) is 4.79 Å². The highest BCUT2D eigenvalue weighted by Gasteiger charge is 2.32. The van der Waals surface area contributed by atoms with Crippen molar-refractivity contribution in [1.29, 1.82) is 0 Å². The molecule has 3 aliphatic rings. The van der Waals surface area contributed by atoms with Crippen LogP contribution in [0.3, 0.4) is 0 Å². The first-order valence-electron chi connectivity index (χ1n) is 7.66. The van der Waals surface area contributed by atoms with Crippen molar-refractivity contribution in [3.05, 3.63) is 0 Å². The number of carbonyl (C=O) groups is 1. The molecule has 0 bridgehead atoms. The minimum absolute atomic E-state index is 0.174. The molecule has 2 N–H and O–H groups in total. The molecule has 0 radical (unpaired) electrons. The summed E-state index contributed by atoms with van der Waals surface area (Å²) in [6.45, 7) is 4.59. The average molecular weight is 267 g/mol. The Kier molecular flexibility index (Phi) is 4.35. The lowest BCUT2D eigenvalue weighted by molar-refractivity contribution is -0.123. The molecular formula is C14H25N3O2. The maximum absolute atomic E-state index is 12.0. The van der Waals surface area contributed by atoms with Crippen LogP contribution >= 0.6 is 0 Å². The van der Waals surface area contributed by atoms with E-state index in [1.165, 1.54) is 12.8 Å². The van der Waals surface area contributed by atoms with E-state index in [-0.39, 0.29) is 11.9 Å². The molecule has 1 atom stereocenters. The van der Waals surface area contributed by atoms with E-state index in [9.17, 15) is 4.79 Å². The largest absolute Gasteiger partial charge is 0.378 e. The molecule has 3 fully saturated rings. The van der Waals surface area contributed by atoms with Gasteiger partial charge in [0.05, 0.1) is 13.2 Å². The summed E-state index contributed by atoms with van der Waals surface area (Å²) in [5.41, 5.74) is 0. The Balaban J connectivity index is 1.35. The molecule has 5 nitrogen and oxygen atoms in total. The second kappa shape index (κ2) is 6.20. The fraction of sp³-hybridized carbons (Fsp3) is 0.929. The van der Waals surface area contributed by atoms with Gasteiger partial charge in [0.2, 0.25) is 5.91 Å². The van der Waals surface area contributed by atoms with E-state index in [2.05, 4.69) is 15.5 Å². The SMILES string of the molecule is O=C(CC1COCCN1)NC1CCN(C2CC2)CC1. The van der Waals surface area contributed by atoms with Gasteiger partial charge in [-0.15, -0.1) is 0 Å². The second-order valence-corrected chi connectivity index (χ2v) is 6.04. The van der Waals surface area contributed by atoms with Crippen molar-refractivity contribution >= 4 is 5.91 Å². The molecule has 5 heteroatoms. The highest BCUT2D eigenvalue weighted by molar-refractivity contribution is 5.76. The number of ether oxygens (including phenoxy) is 1. The third kappa shape index (κ3) is 3.91. The molecule has 2 heterocycles. The molecule has 19 heavy (non-hydrogen) atoms. The fourth-order valence-corrected chi connectivity index (χ4v) is 3.11. The topological polar surface area (TPSA) is 53.6 Å². The van der Waals surface area contributed by atoms with Crippen LogP contribution in [0.2, 0.25) is 0 Å². The quantitative estimate of drug-likeness (QED) is 0.759. The third-order valence-electron chi connectivity index (χ3n) is 4.39. The Hall–Kier alpha value is -0.650. The molecule has 108 valence electrons. The number of carbonyl (C=O) groups excluding carboxylic acids is 1. The van der Waals surface area contributed by atoms with Crippen LogP contribution in [0.1, 0.15) is 32.1 Å². The van der Waals surface area contributed by atoms with E-state index < -0.39 is 0 Å². The molecule has 0 aromatic heterocycles. The van der Waals surface area contributed by atoms with Gasteiger partial charge in [-0.25, -0.2) is 0 Å². The van der Waals surface area contributed by atoms with Gasteiger partial charge in [-0.2, -0.15) is 0 Å². The third-order valence-corrected chi connectivity index (χ3v) is 4.39. The Morgan fingerprint density at radius 2 is 2.05 bits per heavy atom. The first-order chi connectivity index (χ1) is 9.31. The number of hydrogen-bond donors (Lipinski definition) is 2. The number of rotatable bonds is 4. The van der Waals surface area contributed by atoms with Crippen LogP contribution in [-0.4, -0.2) is 61.8 Å².